The third-order valence-electron chi connectivity index (χ3n) is 5.89. The van der Waals surface area contributed by atoms with Crippen molar-refractivity contribution in [3.05, 3.63) is 108 Å². The van der Waals surface area contributed by atoms with Crippen molar-refractivity contribution in [2.75, 3.05) is 13.7 Å². The minimum Gasteiger partial charge on any atom is -0.374 e. The summed E-state index contributed by atoms with van der Waals surface area (Å²) >= 11 is 0. The number of hydrogen-bond acceptors (Lipinski definition) is 6. The molecule has 1 heterocycles. The van der Waals surface area contributed by atoms with Gasteiger partial charge in [-0.2, -0.15) is 0 Å². The highest BCUT2D eigenvalue weighted by molar-refractivity contribution is 5.15. The summed E-state index contributed by atoms with van der Waals surface area (Å²) in [4.78, 5) is 0. The second-order valence-electron chi connectivity index (χ2n) is 8.38. The molecule has 5 atom stereocenters. The maximum absolute atomic E-state index is 6.54. The number of ether oxygens (including phenoxy) is 5. The number of benzene rings is 3. The normalized spacial score (nSPS) is 24.7. The first-order valence-corrected chi connectivity index (χ1v) is 11.6. The van der Waals surface area contributed by atoms with Crippen LogP contribution in [0.2, 0.25) is 0 Å². The summed E-state index contributed by atoms with van der Waals surface area (Å²) in [5, 5.41) is 0. The molecule has 6 heteroatoms. The van der Waals surface area contributed by atoms with Crippen molar-refractivity contribution < 1.29 is 23.7 Å². The van der Waals surface area contributed by atoms with E-state index in [1.54, 1.807) is 7.11 Å². The first kappa shape index (κ1) is 24.5. The Hall–Kier alpha value is -2.58. The Morgan fingerprint density at radius 2 is 1.15 bits per heavy atom. The summed E-state index contributed by atoms with van der Waals surface area (Å²) in [7, 11) is 1.59. The highest BCUT2D eigenvalue weighted by Gasteiger charge is 2.46. The molecule has 0 aliphatic carbocycles. The molecule has 0 spiro atoms. The summed E-state index contributed by atoms with van der Waals surface area (Å²) in [5.74, 6) is 0. The Labute approximate surface area is 201 Å². The van der Waals surface area contributed by atoms with Gasteiger partial charge in [-0.3, -0.25) is 0 Å². The molecule has 3 aromatic rings. The zero-order valence-electron chi connectivity index (χ0n) is 19.5. The molecule has 2 N–H and O–H groups in total. The fourth-order valence-corrected chi connectivity index (χ4v) is 4.08. The molecular weight excluding hydrogens is 430 g/mol. The van der Waals surface area contributed by atoms with Crippen LogP contribution in [-0.4, -0.2) is 44.4 Å². The van der Waals surface area contributed by atoms with Crippen LogP contribution in [0.15, 0.2) is 91.0 Å². The van der Waals surface area contributed by atoms with Gasteiger partial charge in [-0.25, -0.2) is 0 Å². The molecule has 0 amide bonds. The molecule has 180 valence electrons. The zero-order valence-corrected chi connectivity index (χ0v) is 19.5. The van der Waals surface area contributed by atoms with Gasteiger partial charge in [0, 0.05) is 7.11 Å². The lowest BCUT2D eigenvalue weighted by Crippen LogP contribution is -2.63. The standard InChI is InChI=1S/C28H33NO5/c1-30-28-25(29)27(33-19-23-15-9-4-10-16-23)26(32-18-22-13-7-3-8-14-22)24(34-28)20-31-17-21-11-5-2-6-12-21/h2-16,24-28H,17-20,29H2,1H3. The monoisotopic (exact) mass is 463 g/mol. The molecule has 0 bridgehead atoms. The smallest absolute Gasteiger partial charge is 0.175 e. The third kappa shape index (κ3) is 6.73. The Balaban J connectivity index is 1.48. The highest BCUT2D eigenvalue weighted by Crippen LogP contribution is 2.27. The predicted octanol–water partition coefficient (Wildman–Crippen LogP) is 4.07. The summed E-state index contributed by atoms with van der Waals surface area (Å²) in [5.41, 5.74) is 9.77. The molecule has 1 fully saturated rings. The van der Waals surface area contributed by atoms with Crippen molar-refractivity contribution in [1.29, 1.82) is 0 Å². The highest BCUT2D eigenvalue weighted by atomic mass is 16.7. The van der Waals surface area contributed by atoms with Gasteiger partial charge in [0.05, 0.1) is 32.5 Å². The fourth-order valence-electron chi connectivity index (χ4n) is 4.08. The number of nitrogens with two attached hydrogens (primary N) is 1. The molecule has 6 nitrogen and oxygen atoms in total. The maximum atomic E-state index is 6.54. The lowest BCUT2D eigenvalue weighted by Gasteiger charge is -2.44. The molecule has 4 rings (SSSR count). The van der Waals surface area contributed by atoms with E-state index in [0.29, 0.717) is 26.4 Å². The minimum atomic E-state index is -0.623. The first-order valence-electron chi connectivity index (χ1n) is 11.6. The Kier molecular flexibility index (Phi) is 9.21. The van der Waals surface area contributed by atoms with Crippen LogP contribution in [0, 0.1) is 0 Å². The molecular formula is C28H33NO5. The average molecular weight is 464 g/mol. The van der Waals surface area contributed by atoms with Crippen LogP contribution in [0.4, 0.5) is 0 Å². The van der Waals surface area contributed by atoms with Gasteiger partial charge in [0.25, 0.3) is 0 Å². The topological polar surface area (TPSA) is 72.2 Å². The van der Waals surface area contributed by atoms with E-state index in [1.807, 2.05) is 91.0 Å². The molecule has 1 aliphatic heterocycles. The van der Waals surface area contributed by atoms with Crippen molar-refractivity contribution in [3.8, 4) is 0 Å². The first-order chi connectivity index (χ1) is 16.7. The van der Waals surface area contributed by atoms with Gasteiger partial charge in [0.1, 0.15) is 18.3 Å². The van der Waals surface area contributed by atoms with Crippen LogP contribution in [-0.2, 0) is 43.5 Å². The molecule has 1 saturated heterocycles. The van der Waals surface area contributed by atoms with Crippen LogP contribution in [0.1, 0.15) is 16.7 Å². The van der Waals surface area contributed by atoms with Gasteiger partial charge >= 0.3 is 0 Å². The van der Waals surface area contributed by atoms with E-state index in [-0.39, 0.29) is 0 Å². The Morgan fingerprint density at radius 3 is 1.65 bits per heavy atom. The van der Waals surface area contributed by atoms with Gasteiger partial charge < -0.3 is 29.4 Å². The largest absolute Gasteiger partial charge is 0.374 e. The van der Waals surface area contributed by atoms with Crippen LogP contribution < -0.4 is 5.73 Å². The van der Waals surface area contributed by atoms with Crippen molar-refractivity contribution in [1.82, 2.24) is 0 Å². The van der Waals surface area contributed by atoms with E-state index in [9.17, 15) is 0 Å². The van der Waals surface area contributed by atoms with Gasteiger partial charge in [0.2, 0.25) is 0 Å². The van der Waals surface area contributed by atoms with Crippen LogP contribution in [0.5, 0.6) is 0 Å². The predicted molar refractivity (Wildman–Crippen MR) is 130 cm³/mol. The lowest BCUT2D eigenvalue weighted by atomic mass is 9.96. The van der Waals surface area contributed by atoms with Crippen molar-refractivity contribution in [3.63, 3.8) is 0 Å². The molecule has 1 aliphatic rings. The van der Waals surface area contributed by atoms with E-state index in [1.165, 1.54) is 0 Å². The summed E-state index contributed by atoms with van der Waals surface area (Å²) < 4.78 is 30.5. The summed E-state index contributed by atoms with van der Waals surface area (Å²) in [6, 6.07) is 29.6. The van der Waals surface area contributed by atoms with E-state index in [0.717, 1.165) is 16.7 Å². The third-order valence-corrected chi connectivity index (χ3v) is 5.89. The number of methoxy groups -OCH3 is 1. The van der Waals surface area contributed by atoms with E-state index < -0.39 is 30.6 Å². The van der Waals surface area contributed by atoms with E-state index in [2.05, 4.69) is 0 Å². The summed E-state index contributed by atoms with van der Waals surface area (Å²) in [6.07, 6.45) is -1.89. The molecule has 5 unspecified atom stereocenters. The van der Waals surface area contributed by atoms with Gasteiger partial charge in [-0.1, -0.05) is 91.0 Å². The maximum Gasteiger partial charge on any atom is 0.175 e. The Bertz CT molecular complexity index is 956. The number of hydrogen-bond donors (Lipinski definition) is 1. The second kappa shape index (κ2) is 12.8. The lowest BCUT2D eigenvalue weighted by molar-refractivity contribution is -0.280. The molecule has 34 heavy (non-hydrogen) atoms. The zero-order chi connectivity index (χ0) is 23.6. The van der Waals surface area contributed by atoms with Crippen LogP contribution in [0.25, 0.3) is 0 Å². The van der Waals surface area contributed by atoms with Gasteiger partial charge in [0.15, 0.2) is 6.29 Å². The molecule has 0 aromatic heterocycles. The van der Waals surface area contributed by atoms with E-state index in [4.69, 9.17) is 29.4 Å². The van der Waals surface area contributed by atoms with Crippen molar-refractivity contribution in [2.24, 2.45) is 5.73 Å². The van der Waals surface area contributed by atoms with Crippen LogP contribution >= 0.6 is 0 Å². The second-order valence-corrected chi connectivity index (χ2v) is 8.38. The number of rotatable bonds is 11. The van der Waals surface area contributed by atoms with Crippen molar-refractivity contribution in [2.45, 2.75) is 50.5 Å². The SMILES string of the molecule is COC1OC(COCc2ccccc2)C(OCc2ccccc2)C(OCc2ccccc2)C1N. The van der Waals surface area contributed by atoms with Gasteiger partial charge in [-0.15, -0.1) is 0 Å². The Morgan fingerprint density at radius 1 is 0.676 bits per heavy atom. The summed E-state index contributed by atoms with van der Waals surface area (Å²) in [6.45, 7) is 1.63. The minimum absolute atomic E-state index is 0.326. The average Bonchev–Trinajstić information content (AvgIpc) is 2.89. The quantitative estimate of drug-likeness (QED) is 0.462. The van der Waals surface area contributed by atoms with Crippen molar-refractivity contribution >= 4 is 0 Å². The van der Waals surface area contributed by atoms with Gasteiger partial charge in [-0.05, 0) is 16.7 Å². The van der Waals surface area contributed by atoms with Crippen LogP contribution in [0.3, 0.4) is 0 Å². The molecule has 3 aromatic carbocycles. The fraction of sp³-hybridized carbons (Fsp3) is 0.357. The van der Waals surface area contributed by atoms with E-state index >= 15 is 0 Å². The molecule has 0 saturated carbocycles. The molecule has 0 radical (unpaired) electrons.